The Labute approximate surface area is 133 Å². The lowest BCUT2D eigenvalue weighted by molar-refractivity contribution is 0.416. The van der Waals surface area contributed by atoms with Crippen LogP contribution in [-0.2, 0) is 10.0 Å². The number of methoxy groups -OCH3 is 1. The lowest BCUT2D eigenvalue weighted by Gasteiger charge is -2.19. The molecule has 0 saturated heterocycles. The monoisotopic (exact) mass is 333 g/mol. The molecule has 120 valence electrons. The highest BCUT2D eigenvalue weighted by Gasteiger charge is 2.18. The summed E-state index contributed by atoms with van der Waals surface area (Å²) in [6.45, 7) is 0. The number of imidazole rings is 1. The van der Waals surface area contributed by atoms with Crippen LogP contribution in [0, 0.1) is 0 Å². The van der Waals surface area contributed by atoms with Gasteiger partial charge in [0.2, 0.25) is 10.0 Å². The molecule has 9 heteroatoms. The Balaban J connectivity index is 2.08. The summed E-state index contributed by atoms with van der Waals surface area (Å²) in [7, 11) is -0.410. The van der Waals surface area contributed by atoms with Gasteiger partial charge in [0.15, 0.2) is 5.65 Å². The first-order valence-corrected chi connectivity index (χ1v) is 8.53. The molecule has 0 fully saturated rings. The van der Waals surface area contributed by atoms with Crippen molar-refractivity contribution in [2.45, 2.75) is 0 Å². The third-order valence-electron chi connectivity index (χ3n) is 3.45. The van der Waals surface area contributed by atoms with Crippen molar-refractivity contribution >= 4 is 26.9 Å². The molecule has 1 aromatic carbocycles. The predicted molar refractivity (Wildman–Crippen MR) is 86.9 cm³/mol. The lowest BCUT2D eigenvalue weighted by atomic mass is 10.2. The maximum absolute atomic E-state index is 11.7. The van der Waals surface area contributed by atoms with Gasteiger partial charge in [0.05, 0.1) is 25.2 Å². The van der Waals surface area contributed by atoms with Crippen LogP contribution in [0.15, 0.2) is 30.7 Å². The van der Waals surface area contributed by atoms with Gasteiger partial charge >= 0.3 is 0 Å². The molecule has 23 heavy (non-hydrogen) atoms. The molecule has 3 aromatic rings. The molecule has 0 amide bonds. The van der Waals surface area contributed by atoms with E-state index in [0.717, 1.165) is 17.3 Å². The van der Waals surface area contributed by atoms with Crippen LogP contribution in [0.4, 0.5) is 5.69 Å². The molecular weight excluding hydrogens is 318 g/mol. The van der Waals surface area contributed by atoms with E-state index >= 15 is 0 Å². The van der Waals surface area contributed by atoms with Crippen LogP contribution >= 0.6 is 0 Å². The summed E-state index contributed by atoms with van der Waals surface area (Å²) in [5, 5.41) is 0. The van der Waals surface area contributed by atoms with Crippen molar-refractivity contribution in [2.75, 3.05) is 24.7 Å². The second-order valence-corrected chi connectivity index (χ2v) is 6.98. The third kappa shape index (κ3) is 2.82. The number of nitrogens with zero attached hydrogens (tertiary/aromatic N) is 4. The van der Waals surface area contributed by atoms with Gasteiger partial charge < -0.3 is 9.72 Å². The molecule has 1 N–H and O–H groups in total. The van der Waals surface area contributed by atoms with Crippen LogP contribution in [0.25, 0.3) is 22.6 Å². The second kappa shape index (κ2) is 5.51. The van der Waals surface area contributed by atoms with E-state index in [-0.39, 0.29) is 0 Å². The van der Waals surface area contributed by atoms with Crippen LogP contribution in [0.3, 0.4) is 0 Å². The number of ether oxygens (including phenoxy) is 1. The molecule has 0 unspecified atom stereocenters. The molecule has 0 spiro atoms. The number of nitrogens with one attached hydrogen (secondary N) is 1. The van der Waals surface area contributed by atoms with Gasteiger partial charge in [0, 0.05) is 12.6 Å². The van der Waals surface area contributed by atoms with Gasteiger partial charge in [0.25, 0.3) is 0 Å². The Morgan fingerprint density at radius 2 is 2.09 bits per heavy atom. The molecule has 0 radical (unpaired) electrons. The highest BCUT2D eigenvalue weighted by atomic mass is 32.2. The second-order valence-electron chi connectivity index (χ2n) is 4.96. The molecule has 2 heterocycles. The van der Waals surface area contributed by atoms with Crippen molar-refractivity contribution in [3.8, 4) is 17.1 Å². The Morgan fingerprint density at radius 1 is 1.30 bits per heavy atom. The van der Waals surface area contributed by atoms with Crippen molar-refractivity contribution in [3.05, 3.63) is 30.7 Å². The first kappa shape index (κ1) is 15.2. The van der Waals surface area contributed by atoms with Crippen LogP contribution in [0.2, 0.25) is 0 Å². The first-order chi connectivity index (χ1) is 10.9. The van der Waals surface area contributed by atoms with Crippen molar-refractivity contribution in [2.24, 2.45) is 0 Å². The van der Waals surface area contributed by atoms with Crippen LogP contribution in [0.1, 0.15) is 0 Å². The van der Waals surface area contributed by atoms with E-state index in [4.69, 9.17) is 4.74 Å². The molecule has 3 rings (SSSR count). The number of H-pyrrole nitrogens is 1. The van der Waals surface area contributed by atoms with E-state index in [1.54, 1.807) is 24.4 Å². The summed E-state index contributed by atoms with van der Waals surface area (Å²) in [5.74, 6) is 1.04. The maximum Gasteiger partial charge on any atom is 0.232 e. The molecule has 0 saturated carbocycles. The number of rotatable bonds is 4. The summed E-state index contributed by atoms with van der Waals surface area (Å²) in [5.41, 5.74) is 2.49. The molecule has 0 aliphatic rings. The Kier molecular flexibility index (Phi) is 3.64. The average molecular weight is 333 g/mol. The number of hydrogen-bond acceptors (Lipinski definition) is 6. The zero-order valence-corrected chi connectivity index (χ0v) is 13.6. The van der Waals surface area contributed by atoms with Crippen LogP contribution < -0.4 is 9.04 Å². The smallest absolute Gasteiger partial charge is 0.232 e. The van der Waals surface area contributed by atoms with E-state index < -0.39 is 10.0 Å². The van der Waals surface area contributed by atoms with Gasteiger partial charge in [0.1, 0.15) is 23.4 Å². The molecule has 8 nitrogen and oxygen atoms in total. The Bertz CT molecular complexity index is 934. The summed E-state index contributed by atoms with van der Waals surface area (Å²) in [6.07, 6.45) is 4.21. The minimum absolute atomic E-state index is 0.432. The van der Waals surface area contributed by atoms with E-state index in [2.05, 4.69) is 19.9 Å². The van der Waals surface area contributed by atoms with E-state index in [1.165, 1.54) is 24.8 Å². The Hall–Kier alpha value is -2.68. The SMILES string of the molecule is COc1cc(-c2nc3ncncc3[nH]2)ccc1N(C)S(C)(=O)=O. The number of hydrogen-bond donors (Lipinski definition) is 1. The topological polar surface area (TPSA) is 101 Å². The van der Waals surface area contributed by atoms with Gasteiger partial charge in [-0.2, -0.15) is 0 Å². The van der Waals surface area contributed by atoms with Gasteiger partial charge in [-0.15, -0.1) is 0 Å². The fourth-order valence-corrected chi connectivity index (χ4v) is 2.67. The Morgan fingerprint density at radius 3 is 2.74 bits per heavy atom. The predicted octanol–water partition coefficient (Wildman–Crippen LogP) is 1.42. The summed E-state index contributed by atoms with van der Waals surface area (Å²) in [4.78, 5) is 15.5. The minimum Gasteiger partial charge on any atom is -0.495 e. The quantitative estimate of drug-likeness (QED) is 0.775. The molecule has 0 bridgehead atoms. The fraction of sp³-hybridized carbons (Fsp3) is 0.214. The van der Waals surface area contributed by atoms with Gasteiger partial charge in [-0.25, -0.2) is 23.4 Å². The lowest BCUT2D eigenvalue weighted by Crippen LogP contribution is -2.25. The highest BCUT2D eigenvalue weighted by molar-refractivity contribution is 7.92. The minimum atomic E-state index is -3.37. The van der Waals surface area contributed by atoms with Crippen LogP contribution in [0.5, 0.6) is 5.75 Å². The van der Waals surface area contributed by atoms with Crippen LogP contribution in [-0.4, -0.2) is 48.8 Å². The van der Waals surface area contributed by atoms with E-state index in [0.29, 0.717) is 22.9 Å². The number of aromatic amines is 1. The van der Waals surface area contributed by atoms with E-state index in [9.17, 15) is 8.42 Å². The first-order valence-electron chi connectivity index (χ1n) is 6.68. The van der Waals surface area contributed by atoms with Crippen molar-refractivity contribution in [1.82, 2.24) is 19.9 Å². The number of fused-ring (bicyclic) bond motifs is 1. The summed E-state index contributed by atoms with van der Waals surface area (Å²) in [6, 6.07) is 5.17. The van der Waals surface area contributed by atoms with Crippen molar-refractivity contribution < 1.29 is 13.2 Å². The van der Waals surface area contributed by atoms with Crippen molar-refractivity contribution in [1.29, 1.82) is 0 Å². The molecule has 2 aromatic heterocycles. The zero-order valence-electron chi connectivity index (χ0n) is 12.8. The molecule has 0 aliphatic heterocycles. The highest BCUT2D eigenvalue weighted by Crippen LogP contribution is 2.33. The molecule has 0 aliphatic carbocycles. The maximum atomic E-state index is 11.7. The molecule has 0 atom stereocenters. The number of aromatic nitrogens is 4. The normalized spacial score (nSPS) is 11.6. The zero-order chi connectivity index (χ0) is 16.6. The number of benzene rings is 1. The summed E-state index contributed by atoms with van der Waals surface area (Å²) >= 11 is 0. The largest absolute Gasteiger partial charge is 0.495 e. The van der Waals surface area contributed by atoms with Gasteiger partial charge in [-0.05, 0) is 18.2 Å². The number of anilines is 1. The third-order valence-corrected chi connectivity index (χ3v) is 4.64. The number of sulfonamides is 1. The van der Waals surface area contributed by atoms with Crippen molar-refractivity contribution in [3.63, 3.8) is 0 Å². The summed E-state index contributed by atoms with van der Waals surface area (Å²) < 4.78 is 29.9. The fourth-order valence-electron chi connectivity index (χ4n) is 2.16. The van der Waals surface area contributed by atoms with E-state index in [1.807, 2.05) is 0 Å². The van der Waals surface area contributed by atoms with Gasteiger partial charge in [-0.1, -0.05) is 0 Å². The average Bonchev–Trinajstić information content (AvgIpc) is 2.96. The standard InChI is InChI=1S/C14H15N5O3S/c1-19(23(3,20)21)11-5-4-9(6-12(11)22-2)13-17-10-7-15-8-16-14(10)18-13/h4-8H,1-3H3,(H,15,16,17,18). The van der Waals surface area contributed by atoms with Gasteiger partial charge in [-0.3, -0.25) is 4.31 Å². The molecular formula is C14H15N5O3S.